The SMILES string of the molecule is CNC(=O)c1cc2cn[nH]c3c-2c1CN(C(C)=O)C=C3. The van der Waals surface area contributed by atoms with Gasteiger partial charge in [0.05, 0.1) is 18.4 Å². The Morgan fingerprint density at radius 3 is 2.95 bits per heavy atom. The minimum absolute atomic E-state index is 0.0702. The second-order valence-electron chi connectivity index (χ2n) is 4.69. The van der Waals surface area contributed by atoms with Crippen LogP contribution in [-0.2, 0) is 11.3 Å². The molecule has 20 heavy (non-hydrogen) atoms. The minimum Gasteiger partial charge on any atom is -0.355 e. The minimum atomic E-state index is -0.160. The summed E-state index contributed by atoms with van der Waals surface area (Å²) in [6.45, 7) is 1.88. The van der Waals surface area contributed by atoms with Gasteiger partial charge < -0.3 is 10.2 Å². The quantitative estimate of drug-likeness (QED) is 0.817. The number of carbonyl (C=O) groups excluding carboxylic acids is 2. The molecule has 0 bridgehead atoms. The number of H-pyrrole nitrogens is 1. The maximum absolute atomic E-state index is 12.0. The Morgan fingerprint density at radius 2 is 2.25 bits per heavy atom. The molecule has 0 atom stereocenters. The van der Waals surface area contributed by atoms with Crippen molar-refractivity contribution in [2.45, 2.75) is 13.5 Å². The van der Waals surface area contributed by atoms with Gasteiger partial charge in [0, 0.05) is 36.9 Å². The molecule has 0 saturated carbocycles. The fourth-order valence-corrected chi connectivity index (χ4v) is 2.50. The first-order valence-corrected chi connectivity index (χ1v) is 6.28. The average Bonchev–Trinajstić information content (AvgIpc) is 2.68. The number of aromatic nitrogens is 2. The normalized spacial score (nSPS) is 13.4. The van der Waals surface area contributed by atoms with Crippen molar-refractivity contribution in [3.63, 3.8) is 0 Å². The molecule has 0 saturated heterocycles. The van der Waals surface area contributed by atoms with Crippen LogP contribution in [-0.4, -0.2) is 34.0 Å². The van der Waals surface area contributed by atoms with E-state index in [1.165, 1.54) is 6.92 Å². The Kier molecular flexibility index (Phi) is 2.78. The molecule has 6 nitrogen and oxygen atoms in total. The lowest BCUT2D eigenvalue weighted by Crippen LogP contribution is -2.24. The summed E-state index contributed by atoms with van der Waals surface area (Å²) >= 11 is 0. The number of amides is 2. The third kappa shape index (κ3) is 1.77. The zero-order valence-electron chi connectivity index (χ0n) is 11.2. The third-order valence-electron chi connectivity index (χ3n) is 3.50. The number of hydrogen-bond donors (Lipinski definition) is 2. The van der Waals surface area contributed by atoms with Crippen LogP contribution in [0, 0.1) is 0 Å². The zero-order chi connectivity index (χ0) is 14.3. The van der Waals surface area contributed by atoms with Crippen molar-refractivity contribution < 1.29 is 9.59 Å². The highest BCUT2D eigenvalue weighted by molar-refractivity contribution is 6.01. The van der Waals surface area contributed by atoms with Crippen molar-refractivity contribution in [2.24, 2.45) is 0 Å². The molecular weight excluding hydrogens is 256 g/mol. The van der Waals surface area contributed by atoms with Crippen molar-refractivity contribution in [1.29, 1.82) is 0 Å². The van der Waals surface area contributed by atoms with E-state index < -0.39 is 0 Å². The monoisotopic (exact) mass is 270 g/mol. The maximum atomic E-state index is 12.0. The molecule has 2 N–H and O–H groups in total. The van der Waals surface area contributed by atoms with Gasteiger partial charge in [0.15, 0.2) is 0 Å². The molecule has 3 aliphatic rings. The first-order chi connectivity index (χ1) is 9.61. The van der Waals surface area contributed by atoms with E-state index >= 15 is 0 Å². The lowest BCUT2D eigenvalue weighted by molar-refractivity contribution is -0.126. The van der Waals surface area contributed by atoms with Crippen LogP contribution in [0.3, 0.4) is 0 Å². The molecular formula is C14H14N4O2. The first-order valence-electron chi connectivity index (χ1n) is 6.28. The molecule has 0 radical (unpaired) electrons. The van der Waals surface area contributed by atoms with Crippen molar-refractivity contribution >= 4 is 17.9 Å². The average molecular weight is 270 g/mol. The number of rotatable bonds is 1. The molecule has 2 amide bonds. The van der Waals surface area contributed by atoms with Crippen LogP contribution in [0.2, 0.25) is 0 Å². The molecule has 2 aliphatic heterocycles. The Morgan fingerprint density at radius 1 is 1.45 bits per heavy atom. The van der Waals surface area contributed by atoms with Crippen LogP contribution in [0.5, 0.6) is 0 Å². The molecule has 0 aromatic carbocycles. The largest absolute Gasteiger partial charge is 0.355 e. The smallest absolute Gasteiger partial charge is 0.251 e. The lowest BCUT2D eigenvalue weighted by Gasteiger charge is -2.15. The number of aromatic amines is 1. The van der Waals surface area contributed by atoms with Crippen molar-refractivity contribution in [2.75, 3.05) is 7.05 Å². The molecule has 0 unspecified atom stereocenters. The first kappa shape index (κ1) is 12.4. The Bertz CT molecular complexity index is 701. The Hall–Kier alpha value is -2.63. The highest BCUT2D eigenvalue weighted by atomic mass is 16.2. The van der Waals surface area contributed by atoms with Crippen LogP contribution in [0.25, 0.3) is 17.2 Å². The summed E-state index contributed by atoms with van der Waals surface area (Å²) in [5.41, 5.74) is 4.06. The molecule has 102 valence electrons. The lowest BCUT2D eigenvalue weighted by atomic mass is 10.1. The molecule has 6 heteroatoms. The summed E-state index contributed by atoms with van der Waals surface area (Å²) in [5.74, 6) is -0.230. The second-order valence-corrected chi connectivity index (χ2v) is 4.69. The Balaban J connectivity index is 2.24. The van der Waals surface area contributed by atoms with E-state index in [4.69, 9.17) is 0 Å². The fourth-order valence-electron chi connectivity index (χ4n) is 2.50. The standard InChI is InChI=1S/C14H14N4O2/c1-8(19)18-4-3-12-13-9(6-16-17-12)5-10(11(13)7-18)14(20)15-2/h3-6,17H,7H2,1-2H3,(H,15,20). The summed E-state index contributed by atoms with van der Waals surface area (Å²) in [5, 5.41) is 9.61. The van der Waals surface area contributed by atoms with Gasteiger partial charge in [-0.05, 0) is 17.7 Å². The van der Waals surface area contributed by atoms with Gasteiger partial charge in [0.25, 0.3) is 5.91 Å². The molecule has 0 aromatic heterocycles. The van der Waals surface area contributed by atoms with Gasteiger partial charge in [-0.25, -0.2) is 0 Å². The molecule has 0 fully saturated rings. The van der Waals surface area contributed by atoms with Crippen LogP contribution in [0.4, 0.5) is 0 Å². The predicted octanol–water partition coefficient (Wildman–Crippen LogP) is 1.21. The van der Waals surface area contributed by atoms with Crippen molar-refractivity contribution in [1.82, 2.24) is 20.4 Å². The molecule has 1 aliphatic carbocycles. The van der Waals surface area contributed by atoms with Gasteiger partial charge >= 0.3 is 0 Å². The van der Waals surface area contributed by atoms with E-state index in [1.54, 1.807) is 30.4 Å². The molecule has 0 aromatic rings. The predicted molar refractivity (Wildman–Crippen MR) is 73.9 cm³/mol. The topological polar surface area (TPSA) is 78.1 Å². The van der Waals surface area contributed by atoms with Crippen LogP contribution in [0.1, 0.15) is 28.5 Å². The third-order valence-corrected chi connectivity index (χ3v) is 3.50. The molecule has 0 spiro atoms. The number of nitrogens with one attached hydrogen (secondary N) is 2. The summed E-state index contributed by atoms with van der Waals surface area (Å²) in [4.78, 5) is 25.2. The van der Waals surface area contributed by atoms with E-state index in [1.807, 2.05) is 6.07 Å². The number of hydrogen-bond acceptors (Lipinski definition) is 3. The maximum Gasteiger partial charge on any atom is 0.251 e. The van der Waals surface area contributed by atoms with E-state index in [9.17, 15) is 9.59 Å². The summed E-state index contributed by atoms with van der Waals surface area (Å²) in [7, 11) is 1.59. The van der Waals surface area contributed by atoms with Gasteiger partial charge in [-0.1, -0.05) is 0 Å². The number of carbonyl (C=O) groups is 2. The van der Waals surface area contributed by atoms with Crippen LogP contribution < -0.4 is 5.32 Å². The van der Waals surface area contributed by atoms with Crippen LogP contribution >= 0.6 is 0 Å². The van der Waals surface area contributed by atoms with E-state index in [0.717, 1.165) is 22.4 Å². The summed E-state index contributed by atoms with van der Waals surface area (Å²) in [6, 6.07) is 1.81. The molecule has 3 rings (SSSR count). The van der Waals surface area contributed by atoms with Gasteiger partial charge in [0.2, 0.25) is 5.91 Å². The Labute approximate surface area is 115 Å². The molecule has 2 heterocycles. The number of nitrogens with zero attached hydrogens (tertiary/aromatic N) is 2. The van der Waals surface area contributed by atoms with Gasteiger partial charge in [-0.3, -0.25) is 14.7 Å². The second kappa shape index (κ2) is 4.48. The summed E-state index contributed by atoms with van der Waals surface area (Å²) < 4.78 is 0. The highest BCUT2D eigenvalue weighted by Gasteiger charge is 2.26. The zero-order valence-corrected chi connectivity index (χ0v) is 11.2. The van der Waals surface area contributed by atoms with Gasteiger partial charge in [-0.15, -0.1) is 0 Å². The van der Waals surface area contributed by atoms with Gasteiger partial charge in [-0.2, -0.15) is 5.10 Å². The van der Waals surface area contributed by atoms with Crippen molar-refractivity contribution in [3.8, 4) is 11.1 Å². The van der Waals surface area contributed by atoms with Crippen LogP contribution in [0.15, 0.2) is 18.5 Å². The highest BCUT2D eigenvalue weighted by Crippen LogP contribution is 2.36. The van der Waals surface area contributed by atoms with E-state index in [2.05, 4.69) is 15.5 Å². The summed E-state index contributed by atoms with van der Waals surface area (Å²) in [6.07, 6.45) is 5.20. The van der Waals surface area contributed by atoms with Crippen molar-refractivity contribution in [3.05, 3.63) is 35.3 Å². The van der Waals surface area contributed by atoms with E-state index in [0.29, 0.717) is 12.1 Å². The van der Waals surface area contributed by atoms with E-state index in [-0.39, 0.29) is 11.8 Å². The fraction of sp³-hybridized carbons (Fsp3) is 0.214. The van der Waals surface area contributed by atoms with Gasteiger partial charge in [0.1, 0.15) is 0 Å².